The van der Waals surface area contributed by atoms with Gasteiger partial charge in [-0.05, 0) is 54.2 Å². The summed E-state index contributed by atoms with van der Waals surface area (Å²) in [6.45, 7) is 0. The van der Waals surface area contributed by atoms with E-state index in [1.807, 2.05) is 0 Å². The van der Waals surface area contributed by atoms with E-state index >= 15 is 0 Å². The maximum atomic E-state index is 13.2. The summed E-state index contributed by atoms with van der Waals surface area (Å²) in [5, 5.41) is 20.6. The first kappa shape index (κ1) is 16.5. The molecule has 2 aromatic rings. The fraction of sp³-hybridized carbons (Fsp3) is 0.300. The summed E-state index contributed by atoms with van der Waals surface area (Å²) in [4.78, 5) is 0. The summed E-state index contributed by atoms with van der Waals surface area (Å²) in [6.07, 6.45) is 8.64. The van der Waals surface area contributed by atoms with Crippen molar-refractivity contribution in [2.45, 2.75) is 38.0 Å². The number of rotatable bonds is 3. The molecule has 0 saturated heterocycles. The second kappa shape index (κ2) is 7.04. The van der Waals surface area contributed by atoms with Crippen LogP contribution in [0.3, 0.4) is 0 Å². The van der Waals surface area contributed by atoms with Gasteiger partial charge in [-0.2, -0.15) is 0 Å². The average Bonchev–Trinajstić information content (AvgIpc) is 2.56. The van der Waals surface area contributed by atoms with Gasteiger partial charge in [0.25, 0.3) is 0 Å². The van der Waals surface area contributed by atoms with Gasteiger partial charge in [0, 0.05) is 5.56 Å². The van der Waals surface area contributed by atoms with E-state index in [1.165, 1.54) is 12.5 Å². The lowest BCUT2D eigenvalue weighted by Gasteiger charge is -2.23. The lowest BCUT2D eigenvalue weighted by Crippen LogP contribution is -2.05. The molecule has 0 aliphatic heterocycles. The van der Waals surface area contributed by atoms with E-state index < -0.39 is 11.6 Å². The Kier molecular flexibility index (Phi) is 4.84. The van der Waals surface area contributed by atoms with Crippen molar-refractivity contribution in [3.8, 4) is 11.5 Å². The number of phenolic OH excluding ortho intramolecular Hbond substituents is 2. The number of phenols is 2. The van der Waals surface area contributed by atoms with Crippen molar-refractivity contribution in [2.75, 3.05) is 0 Å². The first-order chi connectivity index (χ1) is 11.5. The van der Waals surface area contributed by atoms with Gasteiger partial charge in [-0.1, -0.05) is 37.5 Å². The van der Waals surface area contributed by atoms with E-state index in [4.69, 9.17) is 0 Å². The Morgan fingerprint density at radius 3 is 2.04 bits per heavy atom. The molecule has 0 aromatic heterocycles. The van der Waals surface area contributed by atoms with Crippen LogP contribution in [0.15, 0.2) is 30.3 Å². The molecule has 0 heterocycles. The Hall–Kier alpha value is -2.36. The molecule has 0 radical (unpaired) electrons. The van der Waals surface area contributed by atoms with Crippen LogP contribution in [0.5, 0.6) is 11.5 Å². The highest BCUT2D eigenvalue weighted by molar-refractivity contribution is 5.71. The van der Waals surface area contributed by atoms with Gasteiger partial charge < -0.3 is 10.2 Å². The van der Waals surface area contributed by atoms with Crippen molar-refractivity contribution < 1.29 is 19.0 Å². The summed E-state index contributed by atoms with van der Waals surface area (Å²) in [6, 6.07) is 6.82. The third-order valence-corrected chi connectivity index (χ3v) is 4.58. The molecule has 126 valence electrons. The number of halogens is 2. The Bertz CT molecular complexity index is 739. The number of aromatic hydroxyl groups is 2. The second-order valence-corrected chi connectivity index (χ2v) is 6.31. The zero-order valence-corrected chi connectivity index (χ0v) is 13.3. The zero-order valence-electron chi connectivity index (χ0n) is 13.3. The van der Waals surface area contributed by atoms with Crippen molar-refractivity contribution in [2.24, 2.45) is 0 Å². The first-order valence-corrected chi connectivity index (χ1v) is 8.23. The smallest absolute Gasteiger partial charge is 0.159 e. The fourth-order valence-electron chi connectivity index (χ4n) is 3.36. The van der Waals surface area contributed by atoms with Crippen molar-refractivity contribution >= 4 is 12.2 Å². The van der Waals surface area contributed by atoms with Crippen LogP contribution < -0.4 is 0 Å². The molecule has 0 unspecified atom stereocenters. The van der Waals surface area contributed by atoms with E-state index in [0.29, 0.717) is 16.7 Å². The normalized spacial score (nSPS) is 15.9. The average molecular weight is 330 g/mol. The number of benzene rings is 2. The molecule has 2 N–H and O–H groups in total. The summed E-state index contributed by atoms with van der Waals surface area (Å²) >= 11 is 0. The molecule has 0 spiro atoms. The summed E-state index contributed by atoms with van der Waals surface area (Å²) in [5.41, 5.74) is 1.73. The maximum absolute atomic E-state index is 13.2. The Morgan fingerprint density at radius 1 is 0.792 bits per heavy atom. The van der Waals surface area contributed by atoms with Gasteiger partial charge >= 0.3 is 0 Å². The van der Waals surface area contributed by atoms with Gasteiger partial charge in [-0.25, -0.2) is 8.78 Å². The van der Waals surface area contributed by atoms with Crippen LogP contribution in [0.2, 0.25) is 0 Å². The minimum absolute atomic E-state index is 0.0897. The molecule has 1 saturated carbocycles. The monoisotopic (exact) mass is 330 g/mol. The Labute approximate surface area is 140 Å². The van der Waals surface area contributed by atoms with Crippen LogP contribution in [-0.2, 0) is 0 Å². The predicted molar refractivity (Wildman–Crippen MR) is 90.9 cm³/mol. The molecule has 4 heteroatoms. The SMILES string of the molecule is Oc1cc(C=Cc2ccc(F)c(F)c2)cc(O)c1C1CCCCC1. The molecule has 0 amide bonds. The largest absolute Gasteiger partial charge is 0.507 e. The predicted octanol–water partition coefficient (Wildman–Crippen LogP) is 5.59. The number of hydrogen-bond donors (Lipinski definition) is 2. The minimum Gasteiger partial charge on any atom is -0.507 e. The minimum atomic E-state index is -0.907. The highest BCUT2D eigenvalue weighted by Crippen LogP contribution is 2.42. The van der Waals surface area contributed by atoms with Gasteiger partial charge in [0.2, 0.25) is 0 Å². The van der Waals surface area contributed by atoms with Crippen LogP contribution in [0, 0.1) is 11.6 Å². The van der Waals surface area contributed by atoms with Crippen LogP contribution >= 0.6 is 0 Å². The van der Waals surface area contributed by atoms with E-state index in [2.05, 4.69) is 0 Å². The van der Waals surface area contributed by atoms with Crippen molar-refractivity contribution in [3.63, 3.8) is 0 Å². The van der Waals surface area contributed by atoms with Gasteiger partial charge in [0.1, 0.15) is 11.5 Å². The zero-order chi connectivity index (χ0) is 17.1. The molecule has 1 aliphatic rings. The molecular formula is C20H20F2O2. The Balaban J connectivity index is 1.84. The highest BCUT2D eigenvalue weighted by Gasteiger charge is 2.22. The van der Waals surface area contributed by atoms with Crippen LogP contribution in [-0.4, -0.2) is 10.2 Å². The Morgan fingerprint density at radius 2 is 1.42 bits per heavy atom. The lowest BCUT2D eigenvalue weighted by molar-refractivity contribution is 0.389. The summed E-state index contributed by atoms with van der Waals surface area (Å²) < 4.78 is 26.1. The van der Waals surface area contributed by atoms with Gasteiger partial charge in [0.05, 0.1) is 0 Å². The van der Waals surface area contributed by atoms with E-state index in [0.717, 1.165) is 37.8 Å². The van der Waals surface area contributed by atoms with Crippen molar-refractivity contribution in [1.82, 2.24) is 0 Å². The standard InChI is InChI=1S/C20H20F2O2/c21-16-9-8-13(10-17(16)22)6-7-14-11-18(23)20(19(24)12-14)15-4-2-1-3-5-15/h6-12,15,23-24H,1-5H2. The quantitative estimate of drug-likeness (QED) is 0.720. The summed E-state index contributed by atoms with van der Waals surface area (Å²) in [7, 11) is 0. The second-order valence-electron chi connectivity index (χ2n) is 6.31. The van der Waals surface area contributed by atoms with Gasteiger partial charge in [-0.3, -0.25) is 0 Å². The van der Waals surface area contributed by atoms with Crippen LogP contribution in [0.1, 0.15) is 54.7 Å². The van der Waals surface area contributed by atoms with Crippen molar-refractivity contribution in [3.05, 3.63) is 58.7 Å². The van der Waals surface area contributed by atoms with E-state index in [1.54, 1.807) is 24.3 Å². The fourth-order valence-corrected chi connectivity index (χ4v) is 3.36. The maximum Gasteiger partial charge on any atom is 0.159 e. The molecule has 24 heavy (non-hydrogen) atoms. The molecule has 1 fully saturated rings. The third-order valence-electron chi connectivity index (χ3n) is 4.58. The molecular weight excluding hydrogens is 310 g/mol. The van der Waals surface area contributed by atoms with Crippen LogP contribution in [0.4, 0.5) is 8.78 Å². The third kappa shape index (κ3) is 3.58. The molecule has 0 atom stereocenters. The van der Waals surface area contributed by atoms with E-state index in [9.17, 15) is 19.0 Å². The van der Waals surface area contributed by atoms with Gasteiger partial charge in [0.15, 0.2) is 11.6 Å². The highest BCUT2D eigenvalue weighted by atomic mass is 19.2. The molecule has 2 aromatic carbocycles. The molecule has 3 rings (SSSR count). The summed E-state index contributed by atoms with van der Waals surface area (Å²) in [5.74, 6) is -1.42. The van der Waals surface area contributed by atoms with Crippen LogP contribution in [0.25, 0.3) is 12.2 Å². The number of hydrogen-bond acceptors (Lipinski definition) is 2. The lowest BCUT2D eigenvalue weighted by atomic mass is 9.83. The molecule has 0 bridgehead atoms. The van der Waals surface area contributed by atoms with E-state index in [-0.39, 0.29) is 17.4 Å². The van der Waals surface area contributed by atoms with Gasteiger partial charge in [-0.15, -0.1) is 0 Å². The van der Waals surface area contributed by atoms with Crippen molar-refractivity contribution in [1.29, 1.82) is 0 Å². The molecule has 2 nitrogen and oxygen atoms in total. The molecule has 1 aliphatic carbocycles. The first-order valence-electron chi connectivity index (χ1n) is 8.23. The topological polar surface area (TPSA) is 40.5 Å².